The van der Waals surface area contributed by atoms with Gasteiger partial charge in [-0.2, -0.15) is 18.3 Å². The van der Waals surface area contributed by atoms with Crippen molar-refractivity contribution in [2.24, 2.45) is 11.0 Å². The molecule has 1 N–H and O–H groups in total. The Kier molecular flexibility index (Phi) is 5.92. The molecule has 1 aliphatic heterocycles. The predicted octanol–water partition coefficient (Wildman–Crippen LogP) is 4.24. The van der Waals surface area contributed by atoms with E-state index in [0.29, 0.717) is 4.47 Å². The first-order valence-corrected chi connectivity index (χ1v) is 9.12. The van der Waals surface area contributed by atoms with E-state index in [2.05, 4.69) is 21.0 Å². The molecule has 0 saturated heterocycles. The Balaban J connectivity index is 1.83. The SMILES string of the molecule is O=C(O)COc1ccc(Br)cc1C(=O)C1C=NN(c2ccccc2C(F)(F)F)C1. The molecule has 1 unspecified atom stereocenters. The molecule has 10 heteroatoms. The molecule has 0 aromatic heterocycles. The number of ether oxygens (including phenoxy) is 1. The van der Waals surface area contributed by atoms with Crippen LogP contribution in [0.4, 0.5) is 18.9 Å². The van der Waals surface area contributed by atoms with E-state index in [-0.39, 0.29) is 23.5 Å². The molecule has 29 heavy (non-hydrogen) atoms. The van der Waals surface area contributed by atoms with Crippen LogP contribution in [0.25, 0.3) is 0 Å². The van der Waals surface area contributed by atoms with E-state index in [1.807, 2.05) is 0 Å². The van der Waals surface area contributed by atoms with Crippen LogP contribution in [-0.2, 0) is 11.0 Å². The number of ketones is 1. The van der Waals surface area contributed by atoms with E-state index < -0.39 is 36.0 Å². The lowest BCUT2D eigenvalue weighted by atomic mass is 9.98. The van der Waals surface area contributed by atoms with Crippen LogP contribution in [0.2, 0.25) is 0 Å². The number of benzene rings is 2. The first kappa shape index (κ1) is 20.8. The quantitative estimate of drug-likeness (QED) is 0.638. The standard InChI is InChI=1S/C19H14BrF3N2O4/c20-12-5-6-16(29-10-17(26)27)13(7-12)18(28)11-8-24-25(9-11)15-4-2-1-3-14(15)19(21,22)23/h1-8,11H,9-10H2,(H,26,27). The monoisotopic (exact) mass is 470 g/mol. The number of anilines is 1. The third-order valence-corrected chi connectivity index (χ3v) is 4.63. The van der Waals surface area contributed by atoms with E-state index in [0.717, 1.165) is 11.1 Å². The number of halogens is 4. The molecule has 1 aliphatic rings. The zero-order valence-corrected chi connectivity index (χ0v) is 16.3. The maximum atomic E-state index is 13.3. The number of carboxylic acids is 1. The maximum Gasteiger partial charge on any atom is 0.418 e. The van der Waals surface area contributed by atoms with E-state index in [4.69, 9.17) is 9.84 Å². The van der Waals surface area contributed by atoms with Gasteiger partial charge in [-0.1, -0.05) is 28.1 Å². The second-order valence-electron chi connectivity index (χ2n) is 6.16. The molecular weight excluding hydrogens is 457 g/mol. The van der Waals surface area contributed by atoms with Crippen LogP contribution in [0.3, 0.4) is 0 Å². The Bertz CT molecular complexity index is 978. The molecule has 0 radical (unpaired) electrons. The van der Waals surface area contributed by atoms with E-state index in [1.165, 1.54) is 36.5 Å². The van der Waals surface area contributed by atoms with Crippen molar-refractivity contribution in [2.45, 2.75) is 6.18 Å². The minimum Gasteiger partial charge on any atom is -0.481 e. The number of hydrazone groups is 1. The first-order valence-electron chi connectivity index (χ1n) is 8.33. The van der Waals surface area contributed by atoms with Crippen molar-refractivity contribution in [1.82, 2.24) is 0 Å². The largest absolute Gasteiger partial charge is 0.481 e. The molecule has 0 saturated carbocycles. The summed E-state index contributed by atoms with van der Waals surface area (Å²) in [6.45, 7) is -0.720. The molecule has 0 spiro atoms. The Morgan fingerprint density at radius 1 is 1.24 bits per heavy atom. The summed E-state index contributed by atoms with van der Waals surface area (Å²) in [6, 6.07) is 9.48. The third-order valence-electron chi connectivity index (χ3n) is 4.14. The summed E-state index contributed by atoms with van der Waals surface area (Å²) in [4.78, 5) is 23.7. The molecule has 6 nitrogen and oxygen atoms in total. The highest BCUT2D eigenvalue weighted by Crippen LogP contribution is 2.38. The van der Waals surface area contributed by atoms with Crippen LogP contribution in [0, 0.1) is 5.92 Å². The summed E-state index contributed by atoms with van der Waals surface area (Å²) in [7, 11) is 0. The molecule has 2 aromatic rings. The highest BCUT2D eigenvalue weighted by molar-refractivity contribution is 9.10. The van der Waals surface area contributed by atoms with E-state index in [1.54, 1.807) is 6.07 Å². The van der Waals surface area contributed by atoms with Gasteiger partial charge in [-0.25, -0.2) is 4.79 Å². The Hall–Kier alpha value is -2.88. The van der Waals surface area contributed by atoms with Gasteiger partial charge in [0.05, 0.1) is 29.3 Å². The van der Waals surface area contributed by atoms with Crippen LogP contribution in [-0.4, -0.2) is 36.2 Å². The van der Waals surface area contributed by atoms with Crippen LogP contribution in [0.5, 0.6) is 5.75 Å². The van der Waals surface area contributed by atoms with Crippen LogP contribution < -0.4 is 9.75 Å². The molecule has 0 fully saturated rings. The average molecular weight is 471 g/mol. The molecule has 0 amide bonds. The first-order chi connectivity index (χ1) is 13.7. The van der Waals surface area contributed by atoms with E-state index >= 15 is 0 Å². The zero-order chi connectivity index (χ0) is 21.2. The van der Waals surface area contributed by atoms with Crippen LogP contribution >= 0.6 is 15.9 Å². The number of para-hydroxylation sites is 1. The minimum absolute atomic E-state index is 0.0724. The number of hydrogen-bond acceptors (Lipinski definition) is 5. The van der Waals surface area contributed by atoms with Gasteiger partial charge < -0.3 is 9.84 Å². The Labute approximate surface area is 171 Å². The van der Waals surface area contributed by atoms with Gasteiger partial charge in [-0.15, -0.1) is 0 Å². The molecule has 2 aromatic carbocycles. The highest BCUT2D eigenvalue weighted by Gasteiger charge is 2.37. The molecule has 0 aliphatic carbocycles. The maximum absolute atomic E-state index is 13.3. The van der Waals surface area contributed by atoms with Crippen molar-refractivity contribution < 1.29 is 32.6 Å². The van der Waals surface area contributed by atoms with Gasteiger partial charge in [0.2, 0.25) is 0 Å². The number of alkyl halides is 3. The van der Waals surface area contributed by atoms with Crippen molar-refractivity contribution >= 4 is 39.6 Å². The summed E-state index contributed by atoms with van der Waals surface area (Å²) in [5.74, 6) is -2.40. The minimum atomic E-state index is -4.56. The van der Waals surface area contributed by atoms with Crippen LogP contribution in [0.1, 0.15) is 15.9 Å². The van der Waals surface area contributed by atoms with E-state index in [9.17, 15) is 22.8 Å². The normalized spacial score (nSPS) is 16.1. The van der Waals surface area contributed by atoms with Crippen molar-refractivity contribution in [3.8, 4) is 5.75 Å². The molecular formula is C19H14BrF3N2O4. The number of nitrogens with zero attached hydrogens (tertiary/aromatic N) is 2. The second-order valence-corrected chi connectivity index (χ2v) is 7.07. The summed E-state index contributed by atoms with van der Waals surface area (Å²) >= 11 is 3.24. The van der Waals surface area contributed by atoms with Gasteiger partial charge in [-0.3, -0.25) is 9.80 Å². The molecule has 0 bridgehead atoms. The number of rotatable bonds is 6. The molecule has 1 heterocycles. The smallest absolute Gasteiger partial charge is 0.418 e. The zero-order valence-electron chi connectivity index (χ0n) is 14.7. The number of Topliss-reactive ketones (excluding diaryl/α,β-unsaturated/α-hetero) is 1. The van der Waals surface area contributed by atoms with Gasteiger partial charge >= 0.3 is 12.1 Å². The summed E-state index contributed by atoms with van der Waals surface area (Å²) < 4.78 is 45.5. The van der Waals surface area contributed by atoms with Gasteiger partial charge in [0.25, 0.3) is 0 Å². The molecule has 1 atom stereocenters. The molecule has 3 rings (SSSR count). The van der Waals surface area contributed by atoms with Crippen LogP contribution in [0.15, 0.2) is 52.0 Å². The average Bonchev–Trinajstić information content (AvgIpc) is 3.15. The van der Waals surface area contributed by atoms with Gasteiger partial charge in [0, 0.05) is 10.7 Å². The summed E-state index contributed by atoms with van der Waals surface area (Å²) in [6.07, 6.45) is -3.28. The Morgan fingerprint density at radius 3 is 2.66 bits per heavy atom. The topological polar surface area (TPSA) is 79.2 Å². The lowest BCUT2D eigenvalue weighted by Crippen LogP contribution is -2.26. The van der Waals surface area contributed by atoms with Gasteiger partial charge in [0.15, 0.2) is 12.4 Å². The highest BCUT2D eigenvalue weighted by atomic mass is 79.9. The van der Waals surface area contributed by atoms with Crippen molar-refractivity contribution in [2.75, 3.05) is 18.2 Å². The fourth-order valence-electron chi connectivity index (χ4n) is 2.85. The predicted molar refractivity (Wildman–Crippen MR) is 102 cm³/mol. The van der Waals surface area contributed by atoms with Gasteiger partial charge in [0.1, 0.15) is 5.75 Å². The number of carbonyl (C=O) groups excluding carboxylic acids is 1. The third kappa shape index (κ3) is 4.76. The number of aliphatic carboxylic acids is 1. The second kappa shape index (κ2) is 8.24. The number of carbonyl (C=O) groups is 2. The molecule has 152 valence electrons. The lowest BCUT2D eigenvalue weighted by molar-refractivity contribution is -0.139. The van der Waals surface area contributed by atoms with Crippen molar-refractivity contribution in [1.29, 1.82) is 0 Å². The van der Waals surface area contributed by atoms with Gasteiger partial charge in [-0.05, 0) is 30.3 Å². The fraction of sp³-hybridized carbons (Fsp3) is 0.211. The van der Waals surface area contributed by atoms with Crippen molar-refractivity contribution in [3.05, 3.63) is 58.1 Å². The summed E-state index contributed by atoms with van der Waals surface area (Å²) in [5.41, 5.74) is -0.885. The summed E-state index contributed by atoms with van der Waals surface area (Å²) in [5, 5.41) is 13.9. The number of carboxylic acid groups (broad SMARTS) is 1. The van der Waals surface area contributed by atoms with Crippen molar-refractivity contribution in [3.63, 3.8) is 0 Å². The lowest BCUT2D eigenvalue weighted by Gasteiger charge is -2.20. The fourth-order valence-corrected chi connectivity index (χ4v) is 3.21. The number of hydrogen-bond donors (Lipinski definition) is 1. The Morgan fingerprint density at radius 2 is 1.97 bits per heavy atom.